The summed E-state index contributed by atoms with van der Waals surface area (Å²) < 4.78 is 1.84. The minimum Gasteiger partial charge on any atom is -0.318 e. The molecule has 0 saturated carbocycles. The predicted molar refractivity (Wildman–Crippen MR) is 70.3 cm³/mol. The number of aromatic nitrogens is 4. The normalized spacial score (nSPS) is 12.7. The highest BCUT2D eigenvalue weighted by Crippen LogP contribution is 2.25. The summed E-state index contributed by atoms with van der Waals surface area (Å²) in [4.78, 5) is 8.40. The SMILES string of the molecule is CCCn1ncc(Cl)c1C(N)c1ccnc(C)n1. The second kappa shape index (κ2) is 5.46. The summed E-state index contributed by atoms with van der Waals surface area (Å²) in [6.45, 7) is 4.71. The number of halogens is 1. The summed E-state index contributed by atoms with van der Waals surface area (Å²) in [6, 6.07) is 1.42. The van der Waals surface area contributed by atoms with Crippen molar-refractivity contribution in [3.8, 4) is 0 Å². The molecule has 96 valence electrons. The number of aryl methyl sites for hydroxylation is 2. The van der Waals surface area contributed by atoms with Gasteiger partial charge in [-0.25, -0.2) is 9.97 Å². The van der Waals surface area contributed by atoms with Crippen molar-refractivity contribution in [2.75, 3.05) is 0 Å². The van der Waals surface area contributed by atoms with E-state index in [0.29, 0.717) is 10.8 Å². The quantitative estimate of drug-likeness (QED) is 0.919. The molecule has 1 atom stereocenters. The average molecular weight is 266 g/mol. The number of nitrogens with zero attached hydrogens (tertiary/aromatic N) is 4. The first-order valence-electron chi connectivity index (χ1n) is 5.89. The van der Waals surface area contributed by atoms with Crippen LogP contribution < -0.4 is 5.73 Å². The van der Waals surface area contributed by atoms with Gasteiger partial charge in [-0.05, 0) is 19.4 Å². The number of nitrogens with two attached hydrogens (primary N) is 1. The summed E-state index contributed by atoms with van der Waals surface area (Å²) in [5.74, 6) is 0.695. The summed E-state index contributed by atoms with van der Waals surface area (Å²) in [7, 11) is 0. The van der Waals surface area contributed by atoms with Crippen LogP contribution in [0.15, 0.2) is 18.5 Å². The molecule has 2 heterocycles. The molecule has 2 aromatic heterocycles. The van der Waals surface area contributed by atoms with Crippen LogP contribution in [0.3, 0.4) is 0 Å². The van der Waals surface area contributed by atoms with Gasteiger partial charge in [-0.15, -0.1) is 0 Å². The fourth-order valence-corrected chi connectivity index (χ4v) is 2.12. The first-order chi connectivity index (χ1) is 8.63. The molecule has 2 N–H and O–H groups in total. The van der Waals surface area contributed by atoms with Crippen molar-refractivity contribution in [3.63, 3.8) is 0 Å². The Morgan fingerprint density at radius 2 is 2.28 bits per heavy atom. The summed E-state index contributed by atoms with van der Waals surface area (Å²) in [6.07, 6.45) is 4.30. The lowest BCUT2D eigenvalue weighted by atomic mass is 10.1. The Morgan fingerprint density at radius 3 is 2.94 bits per heavy atom. The van der Waals surface area contributed by atoms with Crippen molar-refractivity contribution in [2.24, 2.45) is 5.73 Å². The van der Waals surface area contributed by atoms with E-state index in [-0.39, 0.29) is 6.04 Å². The van der Waals surface area contributed by atoms with Gasteiger partial charge in [-0.3, -0.25) is 4.68 Å². The Morgan fingerprint density at radius 1 is 1.50 bits per heavy atom. The summed E-state index contributed by atoms with van der Waals surface area (Å²) in [5.41, 5.74) is 7.78. The third-order valence-electron chi connectivity index (χ3n) is 2.68. The molecule has 2 rings (SSSR count). The molecular weight excluding hydrogens is 250 g/mol. The fourth-order valence-electron chi connectivity index (χ4n) is 1.86. The number of hydrogen-bond acceptors (Lipinski definition) is 4. The topological polar surface area (TPSA) is 69.6 Å². The first kappa shape index (κ1) is 13.0. The molecule has 0 spiro atoms. The summed E-state index contributed by atoms with van der Waals surface area (Å²) in [5, 5.41) is 4.81. The van der Waals surface area contributed by atoms with Gasteiger partial charge >= 0.3 is 0 Å². The molecule has 0 radical (unpaired) electrons. The molecule has 18 heavy (non-hydrogen) atoms. The van der Waals surface area contributed by atoms with E-state index in [1.807, 2.05) is 11.6 Å². The van der Waals surface area contributed by atoms with Crippen molar-refractivity contribution in [2.45, 2.75) is 32.9 Å². The van der Waals surface area contributed by atoms with Gasteiger partial charge in [-0.2, -0.15) is 5.10 Å². The van der Waals surface area contributed by atoms with Gasteiger partial charge in [-0.1, -0.05) is 18.5 Å². The number of hydrogen-bond donors (Lipinski definition) is 1. The molecule has 1 unspecified atom stereocenters. The molecule has 0 saturated heterocycles. The highest BCUT2D eigenvalue weighted by molar-refractivity contribution is 6.31. The predicted octanol–water partition coefficient (Wildman–Crippen LogP) is 2.09. The first-order valence-corrected chi connectivity index (χ1v) is 6.27. The molecule has 5 nitrogen and oxygen atoms in total. The van der Waals surface area contributed by atoms with Crippen molar-refractivity contribution < 1.29 is 0 Å². The maximum absolute atomic E-state index is 6.23. The molecule has 6 heteroatoms. The third kappa shape index (κ3) is 2.52. The van der Waals surface area contributed by atoms with Gasteiger partial charge in [0.15, 0.2) is 0 Å². The van der Waals surface area contributed by atoms with E-state index >= 15 is 0 Å². The lowest BCUT2D eigenvalue weighted by Crippen LogP contribution is -2.19. The molecule has 0 aliphatic carbocycles. The maximum Gasteiger partial charge on any atom is 0.125 e. The highest BCUT2D eigenvalue weighted by atomic mass is 35.5. The van der Waals surface area contributed by atoms with E-state index < -0.39 is 0 Å². The van der Waals surface area contributed by atoms with Crippen LogP contribution in [-0.4, -0.2) is 19.7 Å². The van der Waals surface area contributed by atoms with E-state index in [4.69, 9.17) is 17.3 Å². The minimum absolute atomic E-state index is 0.381. The van der Waals surface area contributed by atoms with Crippen molar-refractivity contribution in [1.82, 2.24) is 19.7 Å². The van der Waals surface area contributed by atoms with E-state index in [0.717, 1.165) is 24.4 Å². The molecule has 2 aromatic rings. The van der Waals surface area contributed by atoms with Gasteiger partial charge in [0.2, 0.25) is 0 Å². The van der Waals surface area contributed by atoms with Crippen molar-refractivity contribution in [1.29, 1.82) is 0 Å². The minimum atomic E-state index is -0.381. The van der Waals surface area contributed by atoms with Crippen LogP contribution in [-0.2, 0) is 6.54 Å². The second-order valence-electron chi connectivity index (χ2n) is 4.11. The number of rotatable bonds is 4. The molecule has 0 aromatic carbocycles. The van der Waals surface area contributed by atoms with Crippen LogP contribution in [0, 0.1) is 6.92 Å². The van der Waals surface area contributed by atoms with Gasteiger partial charge in [0, 0.05) is 12.7 Å². The molecular formula is C12H16ClN5. The molecule has 0 aliphatic rings. The van der Waals surface area contributed by atoms with E-state index in [1.54, 1.807) is 18.5 Å². The zero-order valence-corrected chi connectivity index (χ0v) is 11.2. The molecule has 0 fully saturated rings. The average Bonchev–Trinajstić information content (AvgIpc) is 2.70. The lowest BCUT2D eigenvalue weighted by Gasteiger charge is -2.14. The van der Waals surface area contributed by atoms with Crippen LogP contribution in [0.1, 0.15) is 36.6 Å². The van der Waals surface area contributed by atoms with Gasteiger partial charge < -0.3 is 5.73 Å². The monoisotopic (exact) mass is 265 g/mol. The van der Waals surface area contributed by atoms with Gasteiger partial charge in [0.1, 0.15) is 5.82 Å². The Hall–Kier alpha value is -1.46. The van der Waals surface area contributed by atoms with Crippen molar-refractivity contribution in [3.05, 3.63) is 40.7 Å². The lowest BCUT2D eigenvalue weighted by molar-refractivity contribution is 0.556. The van der Waals surface area contributed by atoms with Gasteiger partial charge in [0.25, 0.3) is 0 Å². The van der Waals surface area contributed by atoms with Crippen LogP contribution in [0.4, 0.5) is 0 Å². The van der Waals surface area contributed by atoms with Crippen LogP contribution in [0.25, 0.3) is 0 Å². The molecule has 0 amide bonds. The fraction of sp³-hybridized carbons (Fsp3) is 0.417. The van der Waals surface area contributed by atoms with Crippen molar-refractivity contribution >= 4 is 11.6 Å². The zero-order valence-electron chi connectivity index (χ0n) is 10.5. The standard InChI is InChI=1S/C12H16ClN5/c1-3-6-18-12(9(13)7-16-18)11(14)10-4-5-15-8(2)17-10/h4-5,7,11H,3,6,14H2,1-2H3. The Labute approximate surface area is 111 Å². The highest BCUT2D eigenvalue weighted by Gasteiger charge is 2.19. The summed E-state index contributed by atoms with van der Waals surface area (Å²) >= 11 is 6.16. The zero-order chi connectivity index (χ0) is 13.1. The smallest absolute Gasteiger partial charge is 0.125 e. The van der Waals surface area contributed by atoms with Crippen LogP contribution in [0.2, 0.25) is 5.02 Å². The maximum atomic E-state index is 6.23. The Balaban J connectivity index is 2.39. The van der Waals surface area contributed by atoms with Crippen LogP contribution in [0.5, 0.6) is 0 Å². The molecule has 0 aliphatic heterocycles. The third-order valence-corrected chi connectivity index (χ3v) is 2.97. The van der Waals surface area contributed by atoms with Gasteiger partial charge in [0.05, 0.1) is 28.6 Å². The van der Waals surface area contributed by atoms with Crippen LogP contribution >= 0.6 is 11.6 Å². The van der Waals surface area contributed by atoms with E-state index in [1.165, 1.54) is 0 Å². The molecule has 0 bridgehead atoms. The second-order valence-corrected chi connectivity index (χ2v) is 4.51. The Kier molecular flexibility index (Phi) is 3.93. The van der Waals surface area contributed by atoms with E-state index in [9.17, 15) is 0 Å². The Bertz CT molecular complexity index is 537. The largest absolute Gasteiger partial charge is 0.318 e. The van der Waals surface area contributed by atoms with E-state index in [2.05, 4.69) is 22.0 Å².